The number of nitrogens with zero attached hydrogens (tertiary/aromatic N) is 1. The Bertz CT molecular complexity index is 578. The van der Waals surface area contributed by atoms with E-state index in [4.69, 9.17) is 9.47 Å². The summed E-state index contributed by atoms with van der Waals surface area (Å²) in [5, 5.41) is 0. The number of carbonyl (C=O) groups is 4. The molecule has 0 amide bonds. The van der Waals surface area contributed by atoms with E-state index < -0.39 is 30.0 Å². The van der Waals surface area contributed by atoms with Gasteiger partial charge in [-0.05, 0) is 25.9 Å². The van der Waals surface area contributed by atoms with Gasteiger partial charge in [0.25, 0.3) is 0 Å². The number of hydrogen-bond donors (Lipinski definition) is 0. The van der Waals surface area contributed by atoms with Gasteiger partial charge in [-0.3, -0.25) is 4.90 Å². The lowest BCUT2D eigenvalue weighted by atomic mass is 10.1. The molecule has 1 aliphatic heterocycles. The average molecular weight is 383 g/mol. The van der Waals surface area contributed by atoms with Gasteiger partial charge in [0.05, 0.1) is 14.2 Å². The monoisotopic (exact) mass is 383 g/mol. The number of ether oxygens (including phenoxy) is 4. The summed E-state index contributed by atoms with van der Waals surface area (Å²) in [5.74, 6) is -2.87. The second-order valence-corrected chi connectivity index (χ2v) is 5.76. The Morgan fingerprint density at radius 1 is 0.815 bits per heavy atom. The second-order valence-electron chi connectivity index (χ2n) is 5.76. The molecule has 1 fully saturated rings. The van der Waals surface area contributed by atoms with Crippen molar-refractivity contribution in [1.82, 2.24) is 4.90 Å². The highest BCUT2D eigenvalue weighted by Crippen LogP contribution is 2.10. The molecule has 9 nitrogen and oxygen atoms in total. The van der Waals surface area contributed by atoms with E-state index in [-0.39, 0.29) is 6.61 Å². The van der Waals surface area contributed by atoms with Gasteiger partial charge < -0.3 is 18.9 Å². The SMILES string of the molecule is COC(=O)/C=C/C(=O)OCC(CN1CCCCC1)OC(=O)/C=C/C(=O)OC. The molecule has 0 radical (unpaired) electrons. The fourth-order valence-corrected chi connectivity index (χ4v) is 2.39. The van der Waals surface area contributed by atoms with Crippen LogP contribution in [0.15, 0.2) is 24.3 Å². The summed E-state index contributed by atoms with van der Waals surface area (Å²) >= 11 is 0. The summed E-state index contributed by atoms with van der Waals surface area (Å²) in [6, 6.07) is 0. The van der Waals surface area contributed by atoms with Crippen LogP contribution >= 0.6 is 0 Å². The van der Waals surface area contributed by atoms with E-state index in [1.54, 1.807) is 0 Å². The maximum absolute atomic E-state index is 11.9. The molecule has 0 aromatic carbocycles. The molecule has 0 spiro atoms. The fraction of sp³-hybridized carbons (Fsp3) is 0.556. The van der Waals surface area contributed by atoms with Gasteiger partial charge in [-0.1, -0.05) is 6.42 Å². The van der Waals surface area contributed by atoms with Gasteiger partial charge in [-0.25, -0.2) is 19.2 Å². The van der Waals surface area contributed by atoms with Crippen molar-refractivity contribution >= 4 is 23.9 Å². The van der Waals surface area contributed by atoms with Crippen molar-refractivity contribution in [1.29, 1.82) is 0 Å². The molecule has 1 heterocycles. The van der Waals surface area contributed by atoms with Crippen LogP contribution in [0.4, 0.5) is 0 Å². The first-order chi connectivity index (χ1) is 12.9. The van der Waals surface area contributed by atoms with Crippen LogP contribution in [-0.2, 0) is 38.1 Å². The van der Waals surface area contributed by atoms with Crippen LogP contribution < -0.4 is 0 Å². The summed E-state index contributed by atoms with van der Waals surface area (Å²) in [5.41, 5.74) is 0. The van der Waals surface area contributed by atoms with Crippen LogP contribution in [0.5, 0.6) is 0 Å². The number of rotatable bonds is 9. The Morgan fingerprint density at radius 2 is 1.33 bits per heavy atom. The van der Waals surface area contributed by atoms with Crippen molar-refractivity contribution in [2.45, 2.75) is 25.4 Å². The van der Waals surface area contributed by atoms with Gasteiger partial charge in [0.15, 0.2) is 0 Å². The molecule has 1 rings (SSSR count). The fourth-order valence-electron chi connectivity index (χ4n) is 2.39. The van der Waals surface area contributed by atoms with E-state index in [1.165, 1.54) is 14.2 Å². The third-order valence-corrected chi connectivity index (χ3v) is 3.72. The third kappa shape index (κ3) is 10.1. The van der Waals surface area contributed by atoms with E-state index in [1.807, 2.05) is 0 Å². The highest BCUT2D eigenvalue weighted by molar-refractivity contribution is 5.92. The number of methoxy groups -OCH3 is 2. The minimum atomic E-state index is -0.759. The smallest absolute Gasteiger partial charge is 0.331 e. The molecule has 1 unspecified atom stereocenters. The molecule has 1 atom stereocenters. The Hall–Kier alpha value is -2.68. The first-order valence-corrected chi connectivity index (χ1v) is 8.56. The molecule has 0 aromatic rings. The molecule has 0 aromatic heterocycles. The molecule has 0 aliphatic carbocycles. The predicted molar refractivity (Wildman–Crippen MR) is 93.4 cm³/mol. The second kappa shape index (κ2) is 12.6. The zero-order chi connectivity index (χ0) is 20.1. The van der Waals surface area contributed by atoms with Gasteiger partial charge in [-0.2, -0.15) is 0 Å². The minimum absolute atomic E-state index is 0.182. The summed E-state index contributed by atoms with van der Waals surface area (Å²) < 4.78 is 19.1. The lowest BCUT2D eigenvalue weighted by Gasteiger charge is -2.29. The quantitative estimate of drug-likeness (QED) is 0.317. The molecule has 0 saturated carbocycles. The van der Waals surface area contributed by atoms with Crippen LogP contribution in [-0.4, -0.2) is 75.3 Å². The molecular weight excluding hydrogens is 358 g/mol. The lowest BCUT2D eigenvalue weighted by Crippen LogP contribution is -2.40. The largest absolute Gasteiger partial charge is 0.466 e. The van der Waals surface area contributed by atoms with Crippen LogP contribution in [0.1, 0.15) is 19.3 Å². The summed E-state index contributed by atoms with van der Waals surface area (Å²) in [4.78, 5) is 47.7. The Labute approximate surface area is 157 Å². The molecule has 1 aliphatic rings. The molecule has 1 saturated heterocycles. The van der Waals surface area contributed by atoms with Crippen LogP contribution in [0.25, 0.3) is 0 Å². The predicted octanol–water partition coefficient (Wildman–Crippen LogP) is 0.386. The van der Waals surface area contributed by atoms with Gasteiger partial charge in [0, 0.05) is 30.8 Å². The zero-order valence-corrected chi connectivity index (χ0v) is 15.5. The normalized spacial score (nSPS) is 16.1. The molecule has 150 valence electrons. The first-order valence-electron chi connectivity index (χ1n) is 8.56. The third-order valence-electron chi connectivity index (χ3n) is 3.72. The Balaban J connectivity index is 2.60. The molecule has 0 N–H and O–H groups in total. The standard InChI is InChI=1S/C18H25NO8/c1-24-15(20)6-8-17(22)26-13-14(12-19-10-4-3-5-11-19)27-18(23)9-7-16(21)25-2/h6-9,14H,3-5,10-13H2,1-2H3/b8-6+,9-7+. The zero-order valence-electron chi connectivity index (χ0n) is 15.5. The van der Waals surface area contributed by atoms with E-state index in [0.717, 1.165) is 56.7 Å². The summed E-state index contributed by atoms with van der Waals surface area (Å²) in [7, 11) is 2.38. The minimum Gasteiger partial charge on any atom is -0.466 e. The van der Waals surface area contributed by atoms with Crippen molar-refractivity contribution < 1.29 is 38.1 Å². The Kier molecular flexibility index (Phi) is 10.5. The molecule has 0 bridgehead atoms. The topological polar surface area (TPSA) is 108 Å². The van der Waals surface area contributed by atoms with Crippen molar-refractivity contribution in [2.24, 2.45) is 0 Å². The van der Waals surface area contributed by atoms with Crippen LogP contribution in [0, 0.1) is 0 Å². The van der Waals surface area contributed by atoms with Crippen molar-refractivity contribution in [3.8, 4) is 0 Å². The molecule has 9 heteroatoms. The van der Waals surface area contributed by atoms with Crippen molar-refractivity contribution in [3.63, 3.8) is 0 Å². The van der Waals surface area contributed by atoms with E-state index in [0.29, 0.717) is 6.54 Å². The number of likely N-dealkylation sites (tertiary alicyclic amines) is 1. The summed E-state index contributed by atoms with van der Waals surface area (Å²) in [6.07, 6.45) is 6.30. The Morgan fingerprint density at radius 3 is 1.89 bits per heavy atom. The number of esters is 4. The molecular formula is C18H25NO8. The number of hydrogen-bond acceptors (Lipinski definition) is 9. The van der Waals surface area contributed by atoms with Crippen molar-refractivity contribution in [2.75, 3.05) is 40.5 Å². The van der Waals surface area contributed by atoms with E-state index >= 15 is 0 Å². The van der Waals surface area contributed by atoms with E-state index in [2.05, 4.69) is 14.4 Å². The van der Waals surface area contributed by atoms with Gasteiger partial charge >= 0.3 is 23.9 Å². The highest BCUT2D eigenvalue weighted by atomic mass is 16.6. The molecule has 27 heavy (non-hydrogen) atoms. The number of piperidine rings is 1. The first kappa shape index (κ1) is 22.4. The summed E-state index contributed by atoms with van der Waals surface area (Å²) in [6.45, 7) is 1.94. The maximum atomic E-state index is 11.9. The lowest BCUT2D eigenvalue weighted by molar-refractivity contribution is -0.154. The van der Waals surface area contributed by atoms with Crippen molar-refractivity contribution in [3.05, 3.63) is 24.3 Å². The van der Waals surface area contributed by atoms with Crippen LogP contribution in [0.2, 0.25) is 0 Å². The van der Waals surface area contributed by atoms with Gasteiger partial charge in [0.2, 0.25) is 0 Å². The van der Waals surface area contributed by atoms with Crippen LogP contribution in [0.3, 0.4) is 0 Å². The number of carbonyl (C=O) groups excluding carboxylic acids is 4. The highest BCUT2D eigenvalue weighted by Gasteiger charge is 2.21. The van der Waals surface area contributed by atoms with Gasteiger partial charge in [0.1, 0.15) is 12.7 Å². The average Bonchev–Trinajstić information content (AvgIpc) is 2.68. The maximum Gasteiger partial charge on any atom is 0.331 e. The van der Waals surface area contributed by atoms with Gasteiger partial charge in [-0.15, -0.1) is 0 Å². The van der Waals surface area contributed by atoms with E-state index in [9.17, 15) is 19.2 Å².